The first-order valence-electron chi connectivity index (χ1n) is 39.0. The van der Waals surface area contributed by atoms with Crippen molar-refractivity contribution in [1.29, 1.82) is 0 Å². The summed E-state index contributed by atoms with van der Waals surface area (Å²) in [4.78, 5) is 72.8. The number of rotatable bonds is 74. The van der Waals surface area contributed by atoms with Crippen molar-refractivity contribution < 1.29 is 80.2 Å². The van der Waals surface area contributed by atoms with Crippen LogP contribution in [0, 0.1) is 5.92 Å². The summed E-state index contributed by atoms with van der Waals surface area (Å²) in [6.07, 6.45) is 60.3. The van der Waals surface area contributed by atoms with Gasteiger partial charge in [-0.05, 0) is 57.3 Å². The molecule has 0 heterocycles. The van der Waals surface area contributed by atoms with Gasteiger partial charge in [-0.25, -0.2) is 9.13 Å². The molecule has 0 saturated heterocycles. The minimum atomic E-state index is -4.96. The van der Waals surface area contributed by atoms with E-state index in [0.29, 0.717) is 25.7 Å². The largest absolute Gasteiger partial charge is 0.472 e. The first-order valence-corrected chi connectivity index (χ1v) is 41.9. The zero-order chi connectivity index (χ0) is 69.8. The van der Waals surface area contributed by atoms with Crippen LogP contribution in [0.15, 0.2) is 24.3 Å². The number of aliphatic hydroxyl groups excluding tert-OH is 1. The number of phosphoric acid groups is 2. The Balaban J connectivity index is 5.28. The summed E-state index contributed by atoms with van der Waals surface area (Å²) >= 11 is 0. The fourth-order valence-corrected chi connectivity index (χ4v) is 12.7. The minimum absolute atomic E-state index is 0.0854. The zero-order valence-corrected chi connectivity index (χ0v) is 63.1. The van der Waals surface area contributed by atoms with E-state index in [2.05, 4.69) is 58.9 Å². The Morgan fingerprint density at radius 2 is 0.568 bits per heavy atom. The molecule has 0 saturated carbocycles. The molecule has 0 aliphatic rings. The molecule has 95 heavy (non-hydrogen) atoms. The Bertz CT molecular complexity index is 1920. The van der Waals surface area contributed by atoms with Crippen LogP contribution in [0.1, 0.15) is 375 Å². The number of hydrogen-bond acceptors (Lipinski definition) is 15. The first kappa shape index (κ1) is 92.5. The van der Waals surface area contributed by atoms with Crippen molar-refractivity contribution in [1.82, 2.24) is 0 Å². The highest BCUT2D eigenvalue weighted by Crippen LogP contribution is 2.45. The fraction of sp³-hybridized carbons (Fsp3) is 0.895. The monoisotopic (exact) mass is 1390 g/mol. The molecule has 0 amide bonds. The number of phosphoric ester groups is 2. The van der Waals surface area contributed by atoms with Gasteiger partial charge in [-0.2, -0.15) is 0 Å². The third-order valence-electron chi connectivity index (χ3n) is 17.2. The molecule has 17 nitrogen and oxygen atoms in total. The van der Waals surface area contributed by atoms with Gasteiger partial charge >= 0.3 is 39.5 Å². The molecule has 0 spiro atoms. The molecule has 0 aliphatic heterocycles. The quantitative estimate of drug-likeness (QED) is 0.0169. The molecule has 560 valence electrons. The predicted molar refractivity (Wildman–Crippen MR) is 386 cm³/mol. The van der Waals surface area contributed by atoms with Crippen LogP contribution in [-0.2, 0) is 65.4 Å². The Labute approximate surface area is 580 Å². The predicted octanol–water partition coefficient (Wildman–Crippen LogP) is 22.0. The van der Waals surface area contributed by atoms with Crippen LogP contribution in [0.3, 0.4) is 0 Å². The van der Waals surface area contributed by atoms with Crippen molar-refractivity contribution in [3.05, 3.63) is 24.3 Å². The van der Waals surface area contributed by atoms with Crippen LogP contribution >= 0.6 is 15.6 Å². The second-order valence-electron chi connectivity index (χ2n) is 27.2. The summed E-state index contributed by atoms with van der Waals surface area (Å²) < 4.78 is 68.5. The summed E-state index contributed by atoms with van der Waals surface area (Å²) in [5, 5.41) is 10.6. The summed E-state index contributed by atoms with van der Waals surface area (Å²) in [6.45, 7) is 7.23. The van der Waals surface area contributed by atoms with Gasteiger partial charge in [0.1, 0.15) is 19.3 Å². The molecule has 0 aromatic carbocycles. The number of carbonyl (C=O) groups excluding carboxylic acids is 4. The van der Waals surface area contributed by atoms with Crippen molar-refractivity contribution in [3.8, 4) is 0 Å². The van der Waals surface area contributed by atoms with Gasteiger partial charge in [0.15, 0.2) is 12.2 Å². The van der Waals surface area contributed by atoms with Gasteiger partial charge in [-0.1, -0.05) is 322 Å². The lowest BCUT2D eigenvalue weighted by molar-refractivity contribution is -0.161. The van der Waals surface area contributed by atoms with Crippen molar-refractivity contribution in [2.45, 2.75) is 393 Å². The number of ether oxygens (including phenoxy) is 4. The van der Waals surface area contributed by atoms with E-state index in [0.717, 1.165) is 109 Å². The molecule has 0 aromatic rings. The molecule has 2 unspecified atom stereocenters. The van der Waals surface area contributed by atoms with Crippen LogP contribution < -0.4 is 0 Å². The van der Waals surface area contributed by atoms with Crippen molar-refractivity contribution in [2.75, 3.05) is 39.6 Å². The Morgan fingerprint density at radius 1 is 0.326 bits per heavy atom. The van der Waals surface area contributed by atoms with E-state index >= 15 is 0 Å². The lowest BCUT2D eigenvalue weighted by atomic mass is 10.0. The van der Waals surface area contributed by atoms with E-state index in [1.807, 2.05) is 0 Å². The highest BCUT2D eigenvalue weighted by Gasteiger charge is 2.30. The lowest BCUT2D eigenvalue weighted by Crippen LogP contribution is -2.30. The van der Waals surface area contributed by atoms with Gasteiger partial charge in [0, 0.05) is 25.7 Å². The van der Waals surface area contributed by atoms with E-state index in [-0.39, 0.29) is 25.7 Å². The molecule has 3 N–H and O–H groups in total. The molecule has 0 radical (unpaired) electrons. The number of hydrogen-bond donors (Lipinski definition) is 3. The minimum Gasteiger partial charge on any atom is -0.462 e. The van der Waals surface area contributed by atoms with Crippen molar-refractivity contribution in [3.63, 3.8) is 0 Å². The molecule has 0 aromatic heterocycles. The summed E-state index contributed by atoms with van der Waals surface area (Å²) in [5.41, 5.74) is 0. The second-order valence-corrected chi connectivity index (χ2v) is 30.1. The molecule has 0 fully saturated rings. The average Bonchev–Trinajstić information content (AvgIpc) is 1.56. The third kappa shape index (κ3) is 69.8. The van der Waals surface area contributed by atoms with Gasteiger partial charge in [0.2, 0.25) is 0 Å². The standard InChI is InChI=1S/C76H144O17P2/c1-6-9-12-15-18-21-24-26-28-30-36-41-46-51-56-61-75(80)92-71(65-86-73(78)59-54-49-44-39-23-20-17-14-11-8-3)67-90-94(82,83)88-63-70(77)64-89-95(84,85)91-68-72(93-76(81)62-57-52-47-42-37-31-29-27-25-22-19-16-13-10-7-2)66-87-74(79)60-55-50-45-40-35-33-32-34-38-43-48-53-58-69(4)5/h22,25,27,29,69-72,77H,6-21,23-24,26,28,30-68H2,1-5H3,(H,82,83)(H,84,85)/b25-22-,29-27-/t70-,71+,72+/m0/s1. The summed E-state index contributed by atoms with van der Waals surface area (Å²) in [5.74, 6) is -1.36. The Kier molecular flexibility index (Phi) is 66.9. The van der Waals surface area contributed by atoms with E-state index in [1.54, 1.807) is 0 Å². The Morgan fingerprint density at radius 3 is 0.863 bits per heavy atom. The number of unbranched alkanes of at least 4 members (excludes halogenated alkanes) is 43. The van der Waals surface area contributed by atoms with Gasteiger partial charge < -0.3 is 33.8 Å². The van der Waals surface area contributed by atoms with Crippen LogP contribution in [0.4, 0.5) is 0 Å². The second kappa shape index (κ2) is 68.7. The van der Waals surface area contributed by atoms with Gasteiger partial charge in [-0.3, -0.25) is 37.3 Å². The van der Waals surface area contributed by atoms with E-state index in [1.165, 1.54) is 186 Å². The van der Waals surface area contributed by atoms with Crippen LogP contribution in [0.5, 0.6) is 0 Å². The summed E-state index contributed by atoms with van der Waals surface area (Å²) in [6, 6.07) is 0. The maximum absolute atomic E-state index is 13.1. The smallest absolute Gasteiger partial charge is 0.462 e. The molecular weight excluding hydrogens is 1250 g/mol. The fourth-order valence-electron chi connectivity index (χ4n) is 11.2. The van der Waals surface area contributed by atoms with Crippen LogP contribution in [0.2, 0.25) is 0 Å². The topological polar surface area (TPSA) is 237 Å². The number of carbonyl (C=O) groups is 4. The van der Waals surface area contributed by atoms with Gasteiger partial charge in [-0.15, -0.1) is 0 Å². The maximum atomic E-state index is 13.1. The molecule has 19 heteroatoms. The van der Waals surface area contributed by atoms with Gasteiger partial charge in [0.05, 0.1) is 26.4 Å². The normalized spacial score (nSPS) is 14.1. The first-order chi connectivity index (χ1) is 46.0. The van der Waals surface area contributed by atoms with Crippen LogP contribution in [0.25, 0.3) is 0 Å². The molecular formula is C76H144O17P2. The van der Waals surface area contributed by atoms with E-state index in [9.17, 15) is 43.2 Å². The number of esters is 4. The van der Waals surface area contributed by atoms with E-state index in [4.69, 9.17) is 37.0 Å². The maximum Gasteiger partial charge on any atom is 0.472 e. The van der Waals surface area contributed by atoms with Crippen molar-refractivity contribution >= 4 is 39.5 Å². The highest BCUT2D eigenvalue weighted by atomic mass is 31.2. The Hall–Kier alpha value is -2.46. The number of aliphatic hydroxyl groups is 1. The number of allylic oxidation sites excluding steroid dienone is 4. The molecule has 5 atom stereocenters. The average molecular weight is 1390 g/mol. The molecule has 0 rings (SSSR count). The van der Waals surface area contributed by atoms with Crippen molar-refractivity contribution in [2.24, 2.45) is 5.92 Å². The lowest BCUT2D eigenvalue weighted by Gasteiger charge is -2.21. The SMILES string of the molecule is CCCCCC/C=C\C=C/CCCCCCCC(=O)O[C@H](COC(=O)CCCCCCCCCCCCCCC(C)C)COP(=O)(O)OC[C@@H](O)COP(=O)(O)OC[C@@H](COC(=O)CCCCCCCCCCCC)OC(=O)CCCCCCCCCCCCCCCCC. The van der Waals surface area contributed by atoms with E-state index < -0.39 is 97.5 Å². The molecule has 0 bridgehead atoms. The van der Waals surface area contributed by atoms with Crippen LogP contribution in [-0.4, -0.2) is 96.7 Å². The third-order valence-corrected chi connectivity index (χ3v) is 19.1. The highest BCUT2D eigenvalue weighted by molar-refractivity contribution is 7.47. The van der Waals surface area contributed by atoms with Gasteiger partial charge in [0.25, 0.3) is 0 Å². The molecule has 0 aliphatic carbocycles. The zero-order valence-electron chi connectivity index (χ0n) is 61.3. The summed E-state index contributed by atoms with van der Waals surface area (Å²) in [7, 11) is -9.92.